The maximum absolute atomic E-state index is 12.6. The standard InChI is InChI=1S/C20H27N5O/c1-16-7-4-5-8-17(16)20(2,3)15-23-19(26)25-13-11-24(12-14-25)18-21-9-6-10-22-18/h4-10H,11-15H2,1-3H3,(H,23,26). The Morgan fingerprint density at radius 2 is 1.73 bits per heavy atom. The number of nitrogens with one attached hydrogen (secondary N) is 1. The van der Waals surface area contributed by atoms with E-state index >= 15 is 0 Å². The third-order valence-electron chi connectivity index (χ3n) is 4.96. The first kappa shape index (κ1) is 18.2. The van der Waals surface area contributed by atoms with Crippen LogP contribution in [0.1, 0.15) is 25.0 Å². The minimum absolute atomic E-state index is 0.000268. The van der Waals surface area contributed by atoms with E-state index in [1.54, 1.807) is 12.4 Å². The first-order chi connectivity index (χ1) is 12.5. The summed E-state index contributed by atoms with van der Waals surface area (Å²) in [4.78, 5) is 25.1. The molecule has 0 aliphatic carbocycles. The highest BCUT2D eigenvalue weighted by atomic mass is 16.2. The van der Waals surface area contributed by atoms with Gasteiger partial charge in [-0.05, 0) is 24.1 Å². The fraction of sp³-hybridized carbons (Fsp3) is 0.450. The van der Waals surface area contributed by atoms with Gasteiger partial charge in [0.05, 0.1) is 0 Å². The number of rotatable bonds is 4. The van der Waals surface area contributed by atoms with Gasteiger partial charge in [-0.25, -0.2) is 14.8 Å². The van der Waals surface area contributed by atoms with E-state index in [1.165, 1.54) is 11.1 Å². The zero-order valence-electron chi connectivity index (χ0n) is 15.8. The van der Waals surface area contributed by atoms with Gasteiger partial charge in [0, 0.05) is 50.5 Å². The van der Waals surface area contributed by atoms with Crippen LogP contribution in [-0.4, -0.2) is 53.6 Å². The van der Waals surface area contributed by atoms with Crippen molar-refractivity contribution in [3.63, 3.8) is 0 Å². The summed E-state index contributed by atoms with van der Waals surface area (Å²) in [6.45, 7) is 9.91. The SMILES string of the molecule is Cc1ccccc1C(C)(C)CNC(=O)N1CCN(c2ncccn2)CC1. The van der Waals surface area contributed by atoms with Gasteiger partial charge in [0.15, 0.2) is 0 Å². The van der Waals surface area contributed by atoms with E-state index in [0.29, 0.717) is 19.6 Å². The molecule has 138 valence electrons. The van der Waals surface area contributed by atoms with Crippen molar-refractivity contribution >= 4 is 12.0 Å². The lowest BCUT2D eigenvalue weighted by Crippen LogP contribution is -2.53. The molecule has 0 radical (unpaired) electrons. The van der Waals surface area contributed by atoms with E-state index < -0.39 is 0 Å². The average molecular weight is 353 g/mol. The van der Waals surface area contributed by atoms with Crippen molar-refractivity contribution in [2.75, 3.05) is 37.6 Å². The van der Waals surface area contributed by atoms with Gasteiger partial charge < -0.3 is 15.1 Å². The molecule has 1 aliphatic heterocycles. The third kappa shape index (κ3) is 4.12. The number of aromatic nitrogens is 2. The Morgan fingerprint density at radius 1 is 1.08 bits per heavy atom. The van der Waals surface area contributed by atoms with Crippen LogP contribution in [-0.2, 0) is 5.41 Å². The van der Waals surface area contributed by atoms with Gasteiger partial charge in [0.1, 0.15) is 0 Å². The molecule has 1 saturated heterocycles. The molecule has 0 atom stereocenters. The lowest BCUT2D eigenvalue weighted by Gasteiger charge is -2.35. The van der Waals surface area contributed by atoms with Crippen molar-refractivity contribution in [1.82, 2.24) is 20.2 Å². The molecule has 0 saturated carbocycles. The van der Waals surface area contributed by atoms with Crippen molar-refractivity contribution in [1.29, 1.82) is 0 Å². The van der Waals surface area contributed by atoms with E-state index in [9.17, 15) is 4.79 Å². The maximum Gasteiger partial charge on any atom is 0.317 e. The van der Waals surface area contributed by atoms with Crippen LogP contribution in [0.25, 0.3) is 0 Å². The molecular weight excluding hydrogens is 326 g/mol. The number of piperazine rings is 1. The second-order valence-electron chi connectivity index (χ2n) is 7.38. The molecule has 2 heterocycles. The first-order valence-corrected chi connectivity index (χ1v) is 9.08. The van der Waals surface area contributed by atoms with Crippen LogP contribution in [0.2, 0.25) is 0 Å². The summed E-state index contributed by atoms with van der Waals surface area (Å²) in [5, 5.41) is 3.11. The van der Waals surface area contributed by atoms with Crippen LogP contribution in [0.5, 0.6) is 0 Å². The predicted octanol–water partition coefficient (Wildman–Crippen LogP) is 2.59. The number of nitrogens with zero attached hydrogens (tertiary/aromatic N) is 4. The number of carbonyl (C=O) groups excluding carboxylic acids is 1. The van der Waals surface area contributed by atoms with Gasteiger partial charge in [0.25, 0.3) is 0 Å². The smallest absolute Gasteiger partial charge is 0.317 e. The van der Waals surface area contributed by atoms with Crippen LogP contribution in [0, 0.1) is 6.92 Å². The summed E-state index contributed by atoms with van der Waals surface area (Å²) in [6, 6.07) is 10.2. The predicted molar refractivity (Wildman–Crippen MR) is 103 cm³/mol. The van der Waals surface area contributed by atoms with Crippen molar-refractivity contribution in [2.45, 2.75) is 26.2 Å². The average Bonchev–Trinajstić information content (AvgIpc) is 2.67. The Balaban J connectivity index is 1.52. The van der Waals surface area contributed by atoms with Crippen LogP contribution in [0.15, 0.2) is 42.7 Å². The molecule has 2 aromatic rings. The van der Waals surface area contributed by atoms with Crippen LogP contribution in [0.3, 0.4) is 0 Å². The lowest BCUT2D eigenvalue weighted by atomic mass is 9.82. The number of benzene rings is 1. The monoisotopic (exact) mass is 353 g/mol. The summed E-state index contributed by atoms with van der Waals surface area (Å²) in [5.41, 5.74) is 2.41. The molecule has 0 bridgehead atoms. The van der Waals surface area contributed by atoms with Gasteiger partial charge in [-0.15, -0.1) is 0 Å². The second kappa shape index (κ2) is 7.72. The first-order valence-electron chi connectivity index (χ1n) is 9.08. The minimum atomic E-state index is -0.110. The third-order valence-corrected chi connectivity index (χ3v) is 4.96. The molecule has 1 aromatic heterocycles. The van der Waals surface area contributed by atoms with Gasteiger partial charge in [-0.2, -0.15) is 0 Å². The Bertz CT molecular complexity index is 739. The summed E-state index contributed by atoms with van der Waals surface area (Å²) in [6.07, 6.45) is 3.49. The summed E-state index contributed by atoms with van der Waals surface area (Å²) in [5.74, 6) is 0.730. The molecular formula is C20H27N5O. The van der Waals surface area contributed by atoms with Gasteiger partial charge in [-0.3, -0.25) is 0 Å². The van der Waals surface area contributed by atoms with Gasteiger partial charge in [0.2, 0.25) is 5.95 Å². The molecule has 0 spiro atoms. The number of carbonyl (C=O) groups is 1. The number of aryl methyl sites for hydroxylation is 1. The van der Waals surface area contributed by atoms with Crippen LogP contribution in [0.4, 0.5) is 10.7 Å². The van der Waals surface area contributed by atoms with Crippen LogP contribution >= 0.6 is 0 Å². The highest BCUT2D eigenvalue weighted by Crippen LogP contribution is 2.25. The number of hydrogen-bond acceptors (Lipinski definition) is 4. The molecule has 1 aromatic carbocycles. The summed E-state index contributed by atoms with van der Waals surface area (Å²) in [7, 11) is 0. The van der Waals surface area contributed by atoms with Crippen molar-refractivity contribution in [3.8, 4) is 0 Å². The van der Waals surface area contributed by atoms with E-state index in [-0.39, 0.29) is 11.4 Å². The fourth-order valence-electron chi connectivity index (χ4n) is 3.40. The van der Waals surface area contributed by atoms with E-state index in [4.69, 9.17) is 0 Å². The summed E-state index contributed by atoms with van der Waals surface area (Å²) < 4.78 is 0. The normalized spacial score (nSPS) is 15.0. The maximum atomic E-state index is 12.6. The number of anilines is 1. The van der Waals surface area contributed by atoms with Crippen molar-refractivity contribution in [3.05, 3.63) is 53.9 Å². The largest absolute Gasteiger partial charge is 0.337 e. The molecule has 6 heteroatoms. The highest BCUT2D eigenvalue weighted by molar-refractivity contribution is 5.74. The molecule has 3 rings (SSSR count). The van der Waals surface area contributed by atoms with Crippen LogP contribution < -0.4 is 10.2 Å². The number of urea groups is 1. The number of amides is 2. The Labute approximate surface area is 155 Å². The van der Waals surface area contributed by atoms with E-state index in [1.807, 2.05) is 17.0 Å². The minimum Gasteiger partial charge on any atom is -0.337 e. The Hall–Kier alpha value is -2.63. The molecule has 6 nitrogen and oxygen atoms in total. The molecule has 1 aliphatic rings. The molecule has 26 heavy (non-hydrogen) atoms. The number of hydrogen-bond donors (Lipinski definition) is 1. The highest BCUT2D eigenvalue weighted by Gasteiger charge is 2.26. The Morgan fingerprint density at radius 3 is 2.38 bits per heavy atom. The van der Waals surface area contributed by atoms with E-state index in [2.05, 4.69) is 59.2 Å². The second-order valence-corrected chi connectivity index (χ2v) is 7.38. The zero-order chi connectivity index (χ0) is 18.6. The van der Waals surface area contributed by atoms with Gasteiger partial charge in [-0.1, -0.05) is 38.1 Å². The summed E-state index contributed by atoms with van der Waals surface area (Å²) >= 11 is 0. The van der Waals surface area contributed by atoms with Crippen molar-refractivity contribution < 1.29 is 4.79 Å². The quantitative estimate of drug-likeness (QED) is 0.918. The zero-order valence-corrected chi connectivity index (χ0v) is 15.8. The van der Waals surface area contributed by atoms with Gasteiger partial charge >= 0.3 is 6.03 Å². The molecule has 0 unspecified atom stereocenters. The lowest BCUT2D eigenvalue weighted by molar-refractivity contribution is 0.191. The van der Waals surface area contributed by atoms with Crippen molar-refractivity contribution in [2.24, 2.45) is 0 Å². The molecule has 2 amide bonds. The fourth-order valence-corrected chi connectivity index (χ4v) is 3.40. The van der Waals surface area contributed by atoms with E-state index in [0.717, 1.165) is 19.0 Å². The topological polar surface area (TPSA) is 61.4 Å². The molecule has 1 N–H and O–H groups in total. The molecule has 1 fully saturated rings. The Kier molecular flexibility index (Phi) is 5.40.